The van der Waals surface area contributed by atoms with Crippen molar-refractivity contribution in [1.29, 1.82) is 0 Å². The second-order valence-electron chi connectivity index (χ2n) is 4.58. The first-order chi connectivity index (χ1) is 11.1. The van der Waals surface area contributed by atoms with Crippen LogP contribution in [0.3, 0.4) is 0 Å². The summed E-state index contributed by atoms with van der Waals surface area (Å²) < 4.78 is 6.68. The van der Waals surface area contributed by atoms with Crippen LogP contribution >= 0.6 is 50.9 Å². The number of hydrogen-bond acceptors (Lipinski definition) is 3. The Bertz CT molecular complexity index is 846. The molecule has 0 saturated heterocycles. The second kappa shape index (κ2) is 7.58. The van der Waals surface area contributed by atoms with Crippen molar-refractivity contribution >= 4 is 62.8 Å². The lowest BCUT2D eigenvalue weighted by Crippen LogP contribution is -1.74. The van der Waals surface area contributed by atoms with Crippen molar-refractivity contribution in [2.45, 2.75) is 9.99 Å². The normalized spacial score (nSPS) is 11.3. The summed E-state index contributed by atoms with van der Waals surface area (Å²) in [6.45, 7) is 0. The van der Waals surface area contributed by atoms with Crippen molar-refractivity contribution in [3.63, 3.8) is 0 Å². The standard InChI is InChI=1S/C17H10BrCl2NOS/c18-16-9-14(10-21-13-3-1-2-12(20)8-13)22-17(16)23-15-6-4-11(19)5-7-15/h1-10H. The summed E-state index contributed by atoms with van der Waals surface area (Å²) in [5.74, 6) is 0.660. The molecule has 0 aliphatic rings. The van der Waals surface area contributed by atoms with Crippen molar-refractivity contribution in [2.75, 3.05) is 0 Å². The molecule has 0 bridgehead atoms. The molecule has 1 aromatic heterocycles. The summed E-state index contributed by atoms with van der Waals surface area (Å²) in [5.41, 5.74) is 0.775. The third kappa shape index (κ3) is 4.64. The van der Waals surface area contributed by atoms with Crippen LogP contribution in [0.5, 0.6) is 0 Å². The zero-order valence-electron chi connectivity index (χ0n) is 11.7. The number of halogens is 3. The minimum atomic E-state index is 0.652. The van der Waals surface area contributed by atoms with Crippen LogP contribution in [-0.2, 0) is 0 Å². The third-order valence-corrected chi connectivity index (χ3v) is 5.18. The minimum Gasteiger partial charge on any atom is -0.447 e. The molecule has 0 saturated carbocycles. The van der Waals surface area contributed by atoms with E-state index in [1.54, 1.807) is 12.3 Å². The Morgan fingerprint density at radius 3 is 2.52 bits per heavy atom. The number of aliphatic imine (C=N–C) groups is 1. The molecule has 2 aromatic carbocycles. The van der Waals surface area contributed by atoms with E-state index in [0.29, 0.717) is 15.8 Å². The summed E-state index contributed by atoms with van der Waals surface area (Å²) >= 11 is 16.8. The number of furan rings is 1. The van der Waals surface area contributed by atoms with E-state index in [-0.39, 0.29) is 0 Å². The van der Waals surface area contributed by atoms with E-state index in [1.807, 2.05) is 48.5 Å². The topological polar surface area (TPSA) is 25.5 Å². The predicted molar refractivity (Wildman–Crippen MR) is 101 cm³/mol. The molecular weight excluding hydrogens is 417 g/mol. The molecule has 3 aromatic rings. The maximum atomic E-state index is 5.94. The van der Waals surface area contributed by atoms with E-state index in [2.05, 4.69) is 20.9 Å². The van der Waals surface area contributed by atoms with Gasteiger partial charge in [-0.2, -0.15) is 0 Å². The molecule has 0 N–H and O–H groups in total. The lowest BCUT2D eigenvalue weighted by Gasteiger charge is -1.98. The van der Waals surface area contributed by atoms with E-state index in [1.165, 1.54) is 11.8 Å². The van der Waals surface area contributed by atoms with Gasteiger partial charge in [0.05, 0.1) is 16.4 Å². The number of hydrogen-bond donors (Lipinski definition) is 0. The molecule has 0 radical (unpaired) electrons. The van der Waals surface area contributed by atoms with Gasteiger partial charge in [0.2, 0.25) is 0 Å². The van der Waals surface area contributed by atoms with Gasteiger partial charge in [0.15, 0.2) is 5.09 Å². The third-order valence-electron chi connectivity index (χ3n) is 2.85. The van der Waals surface area contributed by atoms with E-state index >= 15 is 0 Å². The van der Waals surface area contributed by atoms with Crippen LogP contribution < -0.4 is 0 Å². The van der Waals surface area contributed by atoms with Gasteiger partial charge in [-0.1, -0.05) is 41.0 Å². The van der Waals surface area contributed by atoms with E-state index in [0.717, 1.165) is 20.1 Å². The van der Waals surface area contributed by atoms with Crippen LogP contribution in [0.1, 0.15) is 5.76 Å². The van der Waals surface area contributed by atoms with Crippen LogP contribution in [0.2, 0.25) is 10.0 Å². The zero-order valence-corrected chi connectivity index (χ0v) is 15.6. The fourth-order valence-electron chi connectivity index (χ4n) is 1.81. The molecule has 0 fully saturated rings. The highest BCUT2D eigenvalue weighted by molar-refractivity contribution is 9.10. The summed E-state index contributed by atoms with van der Waals surface area (Å²) in [4.78, 5) is 5.40. The second-order valence-corrected chi connectivity index (χ2v) is 7.35. The molecule has 0 amide bonds. The molecule has 23 heavy (non-hydrogen) atoms. The van der Waals surface area contributed by atoms with Crippen molar-refractivity contribution in [3.05, 3.63) is 74.9 Å². The monoisotopic (exact) mass is 425 g/mol. The van der Waals surface area contributed by atoms with Crippen LogP contribution in [0.25, 0.3) is 0 Å². The maximum Gasteiger partial charge on any atom is 0.179 e. The first-order valence-corrected chi connectivity index (χ1v) is 8.99. The highest BCUT2D eigenvalue weighted by atomic mass is 79.9. The maximum absolute atomic E-state index is 5.94. The van der Waals surface area contributed by atoms with Gasteiger partial charge >= 0.3 is 0 Å². The molecule has 6 heteroatoms. The Morgan fingerprint density at radius 1 is 1.00 bits per heavy atom. The summed E-state index contributed by atoms with van der Waals surface area (Å²) in [5, 5.41) is 2.13. The van der Waals surface area contributed by atoms with Gasteiger partial charge in [0.1, 0.15) is 5.76 Å². The number of rotatable bonds is 4. The number of benzene rings is 2. The molecule has 0 spiro atoms. The van der Waals surface area contributed by atoms with Crippen molar-refractivity contribution in [1.82, 2.24) is 0 Å². The van der Waals surface area contributed by atoms with E-state index in [9.17, 15) is 0 Å². The molecule has 116 valence electrons. The molecule has 0 unspecified atom stereocenters. The molecular formula is C17H10BrCl2NOS. The highest BCUT2D eigenvalue weighted by Crippen LogP contribution is 2.36. The first-order valence-electron chi connectivity index (χ1n) is 6.62. The van der Waals surface area contributed by atoms with Gasteiger partial charge in [-0.15, -0.1) is 0 Å². The zero-order chi connectivity index (χ0) is 16.2. The largest absolute Gasteiger partial charge is 0.447 e. The van der Waals surface area contributed by atoms with E-state index < -0.39 is 0 Å². The van der Waals surface area contributed by atoms with Gasteiger partial charge in [-0.05, 0) is 58.4 Å². The Balaban J connectivity index is 1.76. The molecule has 3 rings (SSSR count). The average Bonchev–Trinajstić information content (AvgIpc) is 2.88. The number of nitrogens with zero attached hydrogens (tertiary/aromatic N) is 1. The Labute approximate surface area is 156 Å². The summed E-state index contributed by atoms with van der Waals surface area (Å²) in [7, 11) is 0. The van der Waals surface area contributed by atoms with Crippen LogP contribution in [-0.4, -0.2) is 6.21 Å². The molecule has 2 nitrogen and oxygen atoms in total. The van der Waals surface area contributed by atoms with Crippen LogP contribution in [0.15, 0.2) is 78.5 Å². The smallest absolute Gasteiger partial charge is 0.179 e. The van der Waals surface area contributed by atoms with Gasteiger partial charge < -0.3 is 4.42 Å². The fraction of sp³-hybridized carbons (Fsp3) is 0. The predicted octanol–water partition coefficient (Wildman–Crippen LogP) is 7.25. The Morgan fingerprint density at radius 2 is 1.78 bits per heavy atom. The molecule has 0 aliphatic heterocycles. The molecule has 0 aliphatic carbocycles. The van der Waals surface area contributed by atoms with Crippen molar-refractivity contribution in [3.8, 4) is 0 Å². The van der Waals surface area contributed by atoms with Gasteiger partial charge in [-0.25, -0.2) is 0 Å². The lowest BCUT2D eigenvalue weighted by molar-refractivity contribution is 0.466. The first kappa shape index (κ1) is 16.7. The Kier molecular flexibility index (Phi) is 5.49. The minimum absolute atomic E-state index is 0.652. The van der Waals surface area contributed by atoms with Crippen molar-refractivity contribution < 1.29 is 4.42 Å². The SMILES string of the molecule is Clc1ccc(Sc2oc(C=Nc3cccc(Cl)c3)cc2Br)cc1. The van der Waals surface area contributed by atoms with Gasteiger partial charge in [-0.3, -0.25) is 4.99 Å². The highest BCUT2D eigenvalue weighted by Gasteiger charge is 2.09. The van der Waals surface area contributed by atoms with Gasteiger partial charge in [0, 0.05) is 21.0 Å². The van der Waals surface area contributed by atoms with Crippen LogP contribution in [0.4, 0.5) is 5.69 Å². The lowest BCUT2D eigenvalue weighted by atomic mass is 10.3. The fourth-order valence-corrected chi connectivity index (χ4v) is 3.45. The molecule has 1 heterocycles. The van der Waals surface area contributed by atoms with Crippen molar-refractivity contribution in [2.24, 2.45) is 4.99 Å². The summed E-state index contributed by atoms with van der Waals surface area (Å²) in [6.07, 6.45) is 1.67. The summed E-state index contributed by atoms with van der Waals surface area (Å²) in [6, 6.07) is 16.8. The quantitative estimate of drug-likeness (QED) is 0.410. The Hall–Kier alpha value is -1.20. The van der Waals surface area contributed by atoms with Gasteiger partial charge in [0.25, 0.3) is 0 Å². The van der Waals surface area contributed by atoms with Crippen LogP contribution in [0, 0.1) is 0 Å². The van der Waals surface area contributed by atoms with E-state index in [4.69, 9.17) is 27.6 Å². The average molecular weight is 427 g/mol. The molecule has 0 atom stereocenters.